The molecule has 1 aromatic heterocycles. The third-order valence-corrected chi connectivity index (χ3v) is 5.29. The van der Waals surface area contributed by atoms with Gasteiger partial charge >= 0.3 is 0 Å². The highest BCUT2D eigenvalue weighted by atomic mass is 32.1. The van der Waals surface area contributed by atoms with E-state index in [0.29, 0.717) is 18.9 Å². The molecule has 0 spiro atoms. The van der Waals surface area contributed by atoms with Crippen LogP contribution in [0.4, 0.5) is 5.13 Å². The lowest BCUT2D eigenvalue weighted by molar-refractivity contribution is -0.120. The molecule has 6 heteroatoms. The summed E-state index contributed by atoms with van der Waals surface area (Å²) in [5, 5.41) is 3.95. The maximum atomic E-state index is 12.2. The van der Waals surface area contributed by atoms with Crippen molar-refractivity contribution < 1.29 is 4.79 Å². The van der Waals surface area contributed by atoms with E-state index in [1.807, 2.05) is 18.2 Å². The fourth-order valence-corrected chi connectivity index (χ4v) is 3.75. The summed E-state index contributed by atoms with van der Waals surface area (Å²) in [6.45, 7) is 8.91. The first-order chi connectivity index (χ1) is 13.6. The first kappa shape index (κ1) is 22.3. The van der Waals surface area contributed by atoms with Crippen LogP contribution in [0.3, 0.4) is 0 Å². The van der Waals surface area contributed by atoms with Gasteiger partial charge in [-0.1, -0.05) is 70.4 Å². The normalized spacial score (nSPS) is 11.0. The molecule has 5 nitrogen and oxygen atoms in total. The number of unbranched alkanes of at least 4 members (excludes halogenated alkanes) is 3. The molecular weight excluding hydrogens is 368 g/mol. The van der Waals surface area contributed by atoms with Gasteiger partial charge in [0.2, 0.25) is 11.0 Å². The minimum atomic E-state index is 0.124. The van der Waals surface area contributed by atoms with E-state index >= 15 is 0 Å². The van der Waals surface area contributed by atoms with E-state index in [1.54, 1.807) is 0 Å². The summed E-state index contributed by atoms with van der Waals surface area (Å²) in [6.07, 6.45) is 5.94. The van der Waals surface area contributed by atoms with Gasteiger partial charge in [0.25, 0.3) is 0 Å². The molecule has 0 saturated carbocycles. The Balaban J connectivity index is 1.86. The topological polar surface area (TPSA) is 58.1 Å². The summed E-state index contributed by atoms with van der Waals surface area (Å²) >= 11 is 1.43. The van der Waals surface area contributed by atoms with Crippen LogP contribution in [0.15, 0.2) is 30.3 Å². The zero-order valence-electron chi connectivity index (χ0n) is 17.5. The zero-order valence-corrected chi connectivity index (χ0v) is 18.3. The van der Waals surface area contributed by atoms with Crippen molar-refractivity contribution in [1.82, 2.24) is 14.7 Å². The van der Waals surface area contributed by atoms with Gasteiger partial charge in [0.1, 0.15) is 5.82 Å². The molecule has 0 bridgehead atoms. The smallest absolute Gasteiger partial charge is 0.221 e. The van der Waals surface area contributed by atoms with E-state index in [1.165, 1.54) is 36.4 Å². The maximum Gasteiger partial charge on any atom is 0.221 e. The van der Waals surface area contributed by atoms with E-state index in [4.69, 9.17) is 4.98 Å². The molecular formula is C22H34N4OS. The van der Waals surface area contributed by atoms with Crippen LogP contribution in [0.2, 0.25) is 0 Å². The number of amides is 1. The molecule has 2 aromatic rings. The second-order valence-electron chi connectivity index (χ2n) is 7.66. The van der Waals surface area contributed by atoms with Gasteiger partial charge in [0, 0.05) is 44.0 Å². The van der Waals surface area contributed by atoms with Crippen molar-refractivity contribution in [3.63, 3.8) is 0 Å². The lowest BCUT2D eigenvalue weighted by atomic mass is 10.1. The molecule has 2 rings (SSSR count). The number of anilines is 1. The lowest BCUT2D eigenvalue weighted by Crippen LogP contribution is -2.33. The van der Waals surface area contributed by atoms with E-state index in [-0.39, 0.29) is 5.91 Å². The van der Waals surface area contributed by atoms with Gasteiger partial charge in [-0.25, -0.2) is 4.98 Å². The summed E-state index contributed by atoms with van der Waals surface area (Å²) in [6, 6.07) is 10.3. The SMILES string of the molecule is CCCCCCNC(=O)CCN(CC(C)C)c1nc(Cc2ccccc2)ns1. The Labute approximate surface area is 173 Å². The van der Waals surface area contributed by atoms with E-state index in [0.717, 1.165) is 36.9 Å². The lowest BCUT2D eigenvalue weighted by Gasteiger charge is -2.23. The summed E-state index contributed by atoms with van der Waals surface area (Å²) in [7, 11) is 0. The van der Waals surface area contributed by atoms with Crippen molar-refractivity contribution in [2.45, 2.75) is 59.3 Å². The highest BCUT2D eigenvalue weighted by molar-refractivity contribution is 7.09. The van der Waals surface area contributed by atoms with Gasteiger partial charge in [-0.05, 0) is 17.9 Å². The van der Waals surface area contributed by atoms with Gasteiger partial charge in [0.15, 0.2) is 0 Å². The van der Waals surface area contributed by atoms with Gasteiger partial charge < -0.3 is 10.2 Å². The molecule has 0 aliphatic rings. The van der Waals surface area contributed by atoms with Crippen LogP contribution < -0.4 is 10.2 Å². The highest BCUT2D eigenvalue weighted by Crippen LogP contribution is 2.20. The average molecular weight is 403 g/mol. The fourth-order valence-electron chi connectivity index (χ4n) is 3.03. The minimum absolute atomic E-state index is 0.124. The molecule has 0 saturated heterocycles. The van der Waals surface area contributed by atoms with E-state index in [2.05, 4.69) is 47.5 Å². The monoisotopic (exact) mass is 402 g/mol. The predicted octanol–water partition coefficient (Wildman–Crippen LogP) is 4.68. The largest absolute Gasteiger partial charge is 0.356 e. The van der Waals surface area contributed by atoms with Crippen molar-refractivity contribution in [3.05, 3.63) is 41.7 Å². The van der Waals surface area contributed by atoms with Crippen molar-refractivity contribution >= 4 is 22.6 Å². The van der Waals surface area contributed by atoms with Crippen LogP contribution in [0, 0.1) is 5.92 Å². The van der Waals surface area contributed by atoms with Crippen LogP contribution in [0.25, 0.3) is 0 Å². The quantitative estimate of drug-likeness (QED) is 0.494. The number of rotatable bonds is 13. The van der Waals surface area contributed by atoms with Crippen LogP contribution >= 0.6 is 11.5 Å². The second-order valence-corrected chi connectivity index (χ2v) is 8.39. The maximum absolute atomic E-state index is 12.2. The third kappa shape index (κ3) is 8.38. The average Bonchev–Trinajstić information content (AvgIpc) is 3.14. The molecule has 0 aliphatic carbocycles. The molecule has 0 unspecified atom stereocenters. The Bertz CT molecular complexity index is 687. The highest BCUT2D eigenvalue weighted by Gasteiger charge is 2.15. The molecule has 1 amide bonds. The van der Waals surface area contributed by atoms with Crippen molar-refractivity contribution in [2.75, 3.05) is 24.5 Å². The van der Waals surface area contributed by atoms with E-state index in [9.17, 15) is 4.79 Å². The Morgan fingerprint density at radius 3 is 2.68 bits per heavy atom. The molecule has 0 radical (unpaired) electrons. The number of nitrogens with zero attached hydrogens (tertiary/aromatic N) is 3. The fraction of sp³-hybridized carbons (Fsp3) is 0.591. The van der Waals surface area contributed by atoms with Gasteiger partial charge in [0.05, 0.1) is 0 Å². The van der Waals surface area contributed by atoms with Crippen molar-refractivity contribution in [2.24, 2.45) is 5.92 Å². The summed E-state index contributed by atoms with van der Waals surface area (Å²) in [5.74, 6) is 1.47. The second kappa shape index (κ2) is 12.5. The van der Waals surface area contributed by atoms with Crippen molar-refractivity contribution in [1.29, 1.82) is 0 Å². The Kier molecular flexibility index (Phi) is 9.97. The zero-order chi connectivity index (χ0) is 20.2. The molecule has 1 aromatic carbocycles. The number of benzene rings is 1. The third-order valence-electron chi connectivity index (χ3n) is 4.48. The van der Waals surface area contributed by atoms with Crippen molar-refractivity contribution in [3.8, 4) is 0 Å². The first-order valence-electron chi connectivity index (χ1n) is 10.5. The minimum Gasteiger partial charge on any atom is -0.356 e. The van der Waals surface area contributed by atoms with Gasteiger partial charge in [-0.15, -0.1) is 0 Å². The number of nitrogens with one attached hydrogen (secondary N) is 1. The molecule has 0 aliphatic heterocycles. The first-order valence-corrected chi connectivity index (χ1v) is 11.2. The molecule has 1 heterocycles. The number of hydrogen-bond acceptors (Lipinski definition) is 5. The number of carbonyl (C=O) groups is 1. The number of hydrogen-bond donors (Lipinski definition) is 1. The molecule has 154 valence electrons. The predicted molar refractivity (Wildman–Crippen MR) is 118 cm³/mol. The van der Waals surface area contributed by atoms with Crippen LogP contribution in [0.5, 0.6) is 0 Å². The summed E-state index contributed by atoms with van der Waals surface area (Å²) < 4.78 is 4.53. The molecule has 0 atom stereocenters. The number of carbonyl (C=O) groups excluding carboxylic acids is 1. The summed E-state index contributed by atoms with van der Waals surface area (Å²) in [4.78, 5) is 19.1. The number of aromatic nitrogens is 2. The Morgan fingerprint density at radius 1 is 1.18 bits per heavy atom. The van der Waals surface area contributed by atoms with E-state index < -0.39 is 0 Å². The summed E-state index contributed by atoms with van der Waals surface area (Å²) in [5.41, 5.74) is 1.21. The Hall–Kier alpha value is -1.95. The Morgan fingerprint density at radius 2 is 1.96 bits per heavy atom. The van der Waals surface area contributed by atoms with Gasteiger partial charge in [-0.3, -0.25) is 4.79 Å². The van der Waals surface area contributed by atoms with Crippen LogP contribution in [-0.4, -0.2) is 34.9 Å². The molecule has 0 fully saturated rings. The molecule has 1 N–H and O–H groups in total. The molecule has 28 heavy (non-hydrogen) atoms. The van der Waals surface area contributed by atoms with Gasteiger partial charge in [-0.2, -0.15) is 4.37 Å². The standard InChI is InChI=1S/C22H34N4OS/c1-4-5-6-10-14-23-21(27)13-15-26(17-18(2)3)22-24-20(25-28-22)16-19-11-8-7-9-12-19/h7-9,11-12,18H,4-6,10,13-17H2,1-3H3,(H,23,27). The van der Waals surface area contributed by atoms with Crippen LogP contribution in [-0.2, 0) is 11.2 Å². The van der Waals surface area contributed by atoms with Crippen LogP contribution in [0.1, 0.15) is 64.3 Å².